The van der Waals surface area contributed by atoms with Crippen LogP contribution in [0.3, 0.4) is 0 Å². The second-order valence-electron chi connectivity index (χ2n) is 1.40. The van der Waals surface area contributed by atoms with E-state index in [0.29, 0.717) is 0 Å². The average Bonchev–Trinajstić information content (AvgIpc) is 1.76. The van der Waals surface area contributed by atoms with Crippen molar-refractivity contribution >= 4 is 0 Å². The van der Waals surface area contributed by atoms with Crippen LogP contribution < -0.4 is 6.15 Å². The third-order valence-corrected chi connectivity index (χ3v) is 0.908. The Kier molecular flexibility index (Phi) is 7.88. The van der Waals surface area contributed by atoms with Crippen LogP contribution in [0.5, 0.6) is 0 Å². The lowest BCUT2D eigenvalue weighted by Crippen LogP contribution is -1.50. The first kappa shape index (κ1) is 9.80. The largest absolute Gasteiger partial charge is 0.344 e. The van der Waals surface area contributed by atoms with Crippen LogP contribution in [-0.2, 0) is 0 Å². The Balaban J connectivity index is 0. The van der Waals surface area contributed by atoms with Crippen molar-refractivity contribution in [2.45, 2.75) is 19.3 Å². The zero-order valence-electron chi connectivity index (χ0n) is 4.39. The molecule has 1 nitrogen and oxygen atoms in total. The van der Waals surface area contributed by atoms with E-state index in [1.54, 1.807) is 0 Å². The third-order valence-electron chi connectivity index (χ3n) is 0.908. The topological polar surface area (TPSA) is 35.0 Å². The van der Waals surface area contributed by atoms with Crippen molar-refractivity contribution in [3.05, 3.63) is 12.2 Å². The summed E-state index contributed by atoms with van der Waals surface area (Å²) in [5, 5.41) is 0. The summed E-state index contributed by atoms with van der Waals surface area (Å²) in [5.41, 5.74) is 0. The van der Waals surface area contributed by atoms with E-state index in [1.807, 2.05) is 0 Å². The van der Waals surface area contributed by atoms with Gasteiger partial charge < -0.3 is 6.15 Å². The SMILES string of the molecule is C1=CCCC1.F.N. The number of rotatable bonds is 0. The Morgan fingerprint density at radius 1 is 1.00 bits per heavy atom. The maximum atomic E-state index is 2.24. The molecule has 1 aliphatic carbocycles. The van der Waals surface area contributed by atoms with Crippen LogP contribution in [0.4, 0.5) is 4.70 Å². The van der Waals surface area contributed by atoms with E-state index >= 15 is 0 Å². The van der Waals surface area contributed by atoms with Gasteiger partial charge in [0.2, 0.25) is 0 Å². The molecule has 2 heteroatoms. The zero-order valence-corrected chi connectivity index (χ0v) is 4.39. The third kappa shape index (κ3) is 3.46. The van der Waals surface area contributed by atoms with Crippen molar-refractivity contribution in [1.29, 1.82) is 0 Å². The molecule has 1 aliphatic rings. The van der Waals surface area contributed by atoms with Gasteiger partial charge in [0.1, 0.15) is 0 Å². The van der Waals surface area contributed by atoms with E-state index in [4.69, 9.17) is 0 Å². The van der Waals surface area contributed by atoms with Crippen molar-refractivity contribution in [1.82, 2.24) is 6.15 Å². The molecule has 0 atom stereocenters. The molecule has 0 aromatic carbocycles. The lowest BCUT2D eigenvalue weighted by Gasteiger charge is -1.69. The van der Waals surface area contributed by atoms with Gasteiger partial charge in [-0.15, -0.1) is 0 Å². The van der Waals surface area contributed by atoms with Gasteiger partial charge in [0.05, 0.1) is 0 Å². The normalized spacial score (nSPS) is 14.9. The molecule has 1 rings (SSSR count). The number of hydrogen-bond donors (Lipinski definition) is 1. The fraction of sp³-hybridized carbons (Fsp3) is 0.600. The Bertz CT molecular complexity index is 46.0. The summed E-state index contributed by atoms with van der Waals surface area (Å²) in [6.07, 6.45) is 8.50. The highest BCUT2D eigenvalue weighted by Gasteiger charge is 1.84. The highest BCUT2D eigenvalue weighted by Crippen LogP contribution is 2.05. The van der Waals surface area contributed by atoms with Gasteiger partial charge in [-0.25, -0.2) is 0 Å². The lowest BCUT2D eigenvalue weighted by molar-refractivity contribution is 0.929. The molecule has 0 amide bonds. The van der Waals surface area contributed by atoms with E-state index in [9.17, 15) is 0 Å². The van der Waals surface area contributed by atoms with Crippen molar-refractivity contribution in [3.8, 4) is 0 Å². The highest BCUT2D eigenvalue weighted by atomic mass is 19.0. The molecule has 3 N–H and O–H groups in total. The molecule has 0 aromatic heterocycles. The van der Waals surface area contributed by atoms with Gasteiger partial charge in [0, 0.05) is 0 Å². The molecule has 0 aromatic rings. The average molecular weight is 105 g/mol. The Morgan fingerprint density at radius 3 is 1.57 bits per heavy atom. The van der Waals surface area contributed by atoms with Gasteiger partial charge >= 0.3 is 0 Å². The molecule has 7 heavy (non-hydrogen) atoms. The minimum absolute atomic E-state index is 0. The van der Waals surface area contributed by atoms with Crippen LogP contribution in [0.1, 0.15) is 19.3 Å². The summed E-state index contributed by atoms with van der Waals surface area (Å²) in [6.45, 7) is 0. The number of allylic oxidation sites excluding steroid dienone is 2. The second-order valence-corrected chi connectivity index (χ2v) is 1.40. The van der Waals surface area contributed by atoms with Crippen molar-refractivity contribution < 1.29 is 4.70 Å². The van der Waals surface area contributed by atoms with Crippen molar-refractivity contribution in [2.24, 2.45) is 0 Å². The summed E-state index contributed by atoms with van der Waals surface area (Å²) in [5.74, 6) is 0. The van der Waals surface area contributed by atoms with Gasteiger partial charge in [-0.1, -0.05) is 12.2 Å². The predicted molar refractivity (Wildman–Crippen MR) is 30.5 cm³/mol. The minimum Gasteiger partial charge on any atom is -0.344 e. The van der Waals surface area contributed by atoms with Crippen LogP contribution in [0.15, 0.2) is 12.2 Å². The zero-order chi connectivity index (χ0) is 3.54. The second kappa shape index (κ2) is 5.63. The first-order chi connectivity index (χ1) is 2.50. The van der Waals surface area contributed by atoms with E-state index < -0.39 is 0 Å². The molecule has 0 radical (unpaired) electrons. The quantitative estimate of drug-likeness (QED) is 0.470. The van der Waals surface area contributed by atoms with Gasteiger partial charge in [0.15, 0.2) is 0 Å². The van der Waals surface area contributed by atoms with E-state index in [0.717, 1.165) is 0 Å². The fourth-order valence-corrected chi connectivity index (χ4v) is 0.589. The van der Waals surface area contributed by atoms with Gasteiger partial charge in [-0.3, -0.25) is 4.70 Å². The molecule has 0 saturated carbocycles. The molecule has 0 bridgehead atoms. The van der Waals surface area contributed by atoms with E-state index in [1.165, 1.54) is 19.3 Å². The molecule has 0 fully saturated rings. The maximum absolute atomic E-state index is 2.24. The molecular weight excluding hydrogens is 93.1 g/mol. The van der Waals surface area contributed by atoms with Gasteiger partial charge in [0.25, 0.3) is 0 Å². The molecule has 44 valence electrons. The van der Waals surface area contributed by atoms with Crippen molar-refractivity contribution in [2.75, 3.05) is 0 Å². The summed E-state index contributed by atoms with van der Waals surface area (Å²) in [7, 11) is 0. The molecule has 0 aliphatic heterocycles. The first-order valence-electron chi connectivity index (χ1n) is 2.15. The summed E-state index contributed by atoms with van der Waals surface area (Å²) < 4.78 is 0. The van der Waals surface area contributed by atoms with Crippen LogP contribution in [-0.4, -0.2) is 0 Å². The molecular formula is C5H12FN. The first-order valence-corrected chi connectivity index (χ1v) is 2.15. The number of hydrogen-bond acceptors (Lipinski definition) is 1. The fourth-order valence-electron chi connectivity index (χ4n) is 0.589. The highest BCUT2D eigenvalue weighted by molar-refractivity contribution is 4.88. The van der Waals surface area contributed by atoms with Crippen molar-refractivity contribution in [3.63, 3.8) is 0 Å². The summed E-state index contributed by atoms with van der Waals surface area (Å²) in [4.78, 5) is 0. The molecule has 0 spiro atoms. The van der Waals surface area contributed by atoms with E-state index in [-0.39, 0.29) is 10.9 Å². The van der Waals surface area contributed by atoms with Gasteiger partial charge in [-0.2, -0.15) is 0 Å². The summed E-state index contributed by atoms with van der Waals surface area (Å²) in [6, 6.07) is 0. The van der Waals surface area contributed by atoms with Crippen LogP contribution in [0.2, 0.25) is 0 Å². The molecule has 0 saturated heterocycles. The predicted octanol–water partition coefficient (Wildman–Crippen LogP) is 2.04. The smallest absolute Gasteiger partial charge is 0.0348 e. The Morgan fingerprint density at radius 2 is 1.43 bits per heavy atom. The van der Waals surface area contributed by atoms with Gasteiger partial charge in [-0.05, 0) is 19.3 Å². The maximum Gasteiger partial charge on any atom is -0.0348 e. The molecule has 0 heterocycles. The Hall–Kier alpha value is -0.370. The standard InChI is InChI=1S/C5H8.FH.H3N/c1-2-4-5-3-1;;/h1-2H,3-5H2;1H;1H3. The number of halogens is 1. The Labute approximate surface area is 43.4 Å². The lowest BCUT2D eigenvalue weighted by atomic mass is 10.4. The molecule has 0 unspecified atom stereocenters. The van der Waals surface area contributed by atoms with Crippen LogP contribution in [0, 0.1) is 0 Å². The van der Waals surface area contributed by atoms with Crippen LogP contribution >= 0.6 is 0 Å². The minimum atomic E-state index is 0. The van der Waals surface area contributed by atoms with E-state index in [2.05, 4.69) is 12.2 Å². The summed E-state index contributed by atoms with van der Waals surface area (Å²) >= 11 is 0. The van der Waals surface area contributed by atoms with Crippen LogP contribution in [0.25, 0.3) is 0 Å². The monoisotopic (exact) mass is 105 g/mol.